The minimum Gasteiger partial charge on any atom is -0.321 e. The van der Waals surface area contributed by atoms with Gasteiger partial charge in [0.2, 0.25) is 0 Å². The van der Waals surface area contributed by atoms with E-state index in [1.165, 1.54) is 18.2 Å². The van der Waals surface area contributed by atoms with Crippen molar-refractivity contribution in [2.24, 2.45) is 5.73 Å². The quantitative estimate of drug-likeness (QED) is 0.800. The van der Waals surface area contributed by atoms with Crippen LogP contribution in [-0.4, -0.2) is 9.55 Å². The molecule has 2 aromatic carbocycles. The Labute approximate surface area is 135 Å². The van der Waals surface area contributed by atoms with Gasteiger partial charge in [-0.3, -0.25) is 9.36 Å². The first-order chi connectivity index (χ1) is 11.4. The van der Waals surface area contributed by atoms with Crippen molar-refractivity contribution in [1.29, 1.82) is 0 Å². The van der Waals surface area contributed by atoms with Crippen LogP contribution in [0.2, 0.25) is 0 Å². The lowest BCUT2D eigenvalue weighted by molar-refractivity contribution is 0.593. The number of aromatic nitrogens is 2. The lowest BCUT2D eigenvalue weighted by atomic mass is 10.1. The molecular weight excluding hydrogens is 319 g/mol. The summed E-state index contributed by atoms with van der Waals surface area (Å²) in [4.78, 5) is 16.9. The molecule has 1 heterocycles. The number of hydrogen-bond donors (Lipinski definition) is 1. The van der Waals surface area contributed by atoms with Crippen LogP contribution in [0.3, 0.4) is 0 Å². The summed E-state index contributed by atoms with van der Waals surface area (Å²) in [5.74, 6) is -2.24. The van der Waals surface area contributed by atoms with Gasteiger partial charge in [0.15, 0.2) is 0 Å². The van der Waals surface area contributed by atoms with Gasteiger partial charge in [-0.15, -0.1) is 0 Å². The van der Waals surface area contributed by atoms with Crippen LogP contribution in [0.4, 0.5) is 13.2 Å². The molecule has 0 aliphatic heterocycles. The Kier molecular flexibility index (Phi) is 4.11. The van der Waals surface area contributed by atoms with Crippen LogP contribution < -0.4 is 11.3 Å². The topological polar surface area (TPSA) is 60.9 Å². The summed E-state index contributed by atoms with van der Waals surface area (Å²) >= 11 is 0. The van der Waals surface area contributed by atoms with Crippen molar-refractivity contribution >= 4 is 10.9 Å². The first-order valence-electron chi connectivity index (χ1n) is 7.36. The van der Waals surface area contributed by atoms with Crippen LogP contribution in [-0.2, 0) is 0 Å². The molecule has 0 saturated heterocycles. The number of hydrogen-bond acceptors (Lipinski definition) is 3. The normalized spacial score (nSPS) is 12.5. The summed E-state index contributed by atoms with van der Waals surface area (Å²) in [6, 6.07) is 6.26. The number of nitrogens with two attached hydrogens (primary N) is 1. The molecule has 0 aliphatic rings. The number of nitrogens with zero attached hydrogens (tertiary/aromatic N) is 2. The smallest absolute Gasteiger partial charge is 0.269 e. The highest BCUT2D eigenvalue weighted by molar-refractivity contribution is 5.79. The Bertz CT molecular complexity index is 985. The Hall–Kier alpha value is -2.67. The van der Waals surface area contributed by atoms with Crippen molar-refractivity contribution in [2.75, 3.05) is 0 Å². The van der Waals surface area contributed by atoms with E-state index in [0.29, 0.717) is 6.42 Å². The average Bonchev–Trinajstić information content (AvgIpc) is 2.56. The summed E-state index contributed by atoms with van der Waals surface area (Å²) < 4.78 is 42.7. The monoisotopic (exact) mass is 333 g/mol. The van der Waals surface area contributed by atoms with Crippen LogP contribution in [0.15, 0.2) is 41.2 Å². The minimum atomic E-state index is -0.898. The predicted octanol–water partition coefficient (Wildman–Crippen LogP) is 3.21. The fourth-order valence-electron chi connectivity index (χ4n) is 2.53. The van der Waals surface area contributed by atoms with Crippen LogP contribution in [0, 0.1) is 17.5 Å². The summed E-state index contributed by atoms with van der Waals surface area (Å²) in [7, 11) is 0. The van der Waals surface area contributed by atoms with Gasteiger partial charge in [0.25, 0.3) is 5.56 Å². The third kappa shape index (κ3) is 2.56. The predicted molar refractivity (Wildman–Crippen MR) is 84.4 cm³/mol. The summed E-state index contributed by atoms with van der Waals surface area (Å²) in [6.07, 6.45) is 0.407. The lowest BCUT2D eigenvalue weighted by Gasteiger charge is -2.18. The molecule has 0 bridgehead atoms. The second-order valence-corrected chi connectivity index (χ2v) is 5.36. The van der Waals surface area contributed by atoms with E-state index in [1.54, 1.807) is 6.92 Å². The van der Waals surface area contributed by atoms with Crippen molar-refractivity contribution in [2.45, 2.75) is 19.4 Å². The lowest BCUT2D eigenvalue weighted by Crippen LogP contribution is -2.29. The Balaban J connectivity index is 2.48. The average molecular weight is 333 g/mol. The van der Waals surface area contributed by atoms with E-state index in [0.717, 1.165) is 22.8 Å². The van der Waals surface area contributed by atoms with Gasteiger partial charge in [0.05, 0.1) is 11.7 Å². The van der Waals surface area contributed by atoms with E-state index in [4.69, 9.17) is 5.73 Å². The standard InChI is InChI=1S/C17H14F3N3O/c1-2-13(21)16-22-15-12(20)7-6-11(19)14(15)17(24)23(16)10-5-3-4-9(18)8-10/h3-8,13H,2,21H2,1H3/t13-/m0/s1. The zero-order valence-corrected chi connectivity index (χ0v) is 12.8. The van der Waals surface area contributed by atoms with Crippen LogP contribution in [0.5, 0.6) is 0 Å². The Morgan fingerprint density at radius 3 is 2.54 bits per heavy atom. The summed E-state index contributed by atoms with van der Waals surface area (Å²) in [5.41, 5.74) is 4.92. The Morgan fingerprint density at radius 1 is 1.17 bits per heavy atom. The highest BCUT2D eigenvalue weighted by Crippen LogP contribution is 2.22. The van der Waals surface area contributed by atoms with E-state index < -0.39 is 34.4 Å². The number of benzene rings is 2. The minimum absolute atomic E-state index is 0.0464. The van der Waals surface area contributed by atoms with E-state index in [1.807, 2.05) is 0 Å². The van der Waals surface area contributed by atoms with Crippen molar-refractivity contribution in [1.82, 2.24) is 9.55 Å². The maximum absolute atomic E-state index is 14.1. The van der Waals surface area contributed by atoms with E-state index in [-0.39, 0.29) is 17.0 Å². The first kappa shape index (κ1) is 16.2. The second kappa shape index (κ2) is 6.09. The molecule has 0 saturated carbocycles. The van der Waals surface area contributed by atoms with Crippen LogP contribution in [0.1, 0.15) is 25.2 Å². The van der Waals surface area contributed by atoms with Crippen molar-refractivity contribution in [3.8, 4) is 5.69 Å². The van der Waals surface area contributed by atoms with Crippen molar-refractivity contribution < 1.29 is 13.2 Å². The summed E-state index contributed by atoms with van der Waals surface area (Å²) in [5, 5.41) is -0.494. The molecule has 0 aliphatic carbocycles. The third-order valence-corrected chi connectivity index (χ3v) is 3.79. The highest BCUT2D eigenvalue weighted by atomic mass is 19.1. The number of fused-ring (bicyclic) bond motifs is 1. The molecule has 24 heavy (non-hydrogen) atoms. The largest absolute Gasteiger partial charge is 0.321 e. The molecule has 0 radical (unpaired) electrons. The van der Waals surface area contributed by atoms with E-state index >= 15 is 0 Å². The molecular formula is C17H14F3N3O. The highest BCUT2D eigenvalue weighted by Gasteiger charge is 2.21. The molecule has 0 unspecified atom stereocenters. The fourth-order valence-corrected chi connectivity index (χ4v) is 2.53. The van der Waals surface area contributed by atoms with E-state index in [2.05, 4.69) is 4.98 Å². The van der Waals surface area contributed by atoms with Gasteiger partial charge < -0.3 is 5.73 Å². The maximum atomic E-state index is 14.1. The molecule has 4 nitrogen and oxygen atoms in total. The zero-order valence-electron chi connectivity index (χ0n) is 12.8. The first-order valence-corrected chi connectivity index (χ1v) is 7.36. The van der Waals surface area contributed by atoms with Gasteiger partial charge in [-0.05, 0) is 36.8 Å². The second-order valence-electron chi connectivity index (χ2n) is 5.36. The van der Waals surface area contributed by atoms with Gasteiger partial charge in [0.1, 0.15) is 34.2 Å². The number of halogens is 3. The van der Waals surface area contributed by atoms with Gasteiger partial charge in [-0.1, -0.05) is 13.0 Å². The van der Waals surface area contributed by atoms with Gasteiger partial charge >= 0.3 is 0 Å². The molecule has 0 fully saturated rings. The van der Waals surface area contributed by atoms with Gasteiger partial charge in [0, 0.05) is 0 Å². The Morgan fingerprint density at radius 2 is 1.88 bits per heavy atom. The summed E-state index contributed by atoms with van der Waals surface area (Å²) in [6.45, 7) is 1.76. The molecule has 124 valence electrons. The molecule has 2 N–H and O–H groups in total. The van der Waals surface area contributed by atoms with Crippen LogP contribution >= 0.6 is 0 Å². The molecule has 3 aromatic rings. The number of rotatable bonds is 3. The molecule has 7 heteroatoms. The van der Waals surface area contributed by atoms with Crippen molar-refractivity contribution in [3.05, 3.63) is 70.0 Å². The maximum Gasteiger partial charge on any atom is 0.269 e. The fraction of sp³-hybridized carbons (Fsp3) is 0.176. The van der Waals surface area contributed by atoms with Gasteiger partial charge in [-0.25, -0.2) is 18.2 Å². The molecule has 0 spiro atoms. The SMILES string of the molecule is CC[C@H](N)c1nc2c(F)ccc(F)c2c(=O)n1-c1cccc(F)c1. The molecule has 3 rings (SSSR count). The molecule has 1 aromatic heterocycles. The molecule has 1 atom stereocenters. The molecule has 0 amide bonds. The van der Waals surface area contributed by atoms with Crippen molar-refractivity contribution in [3.63, 3.8) is 0 Å². The van der Waals surface area contributed by atoms with Gasteiger partial charge in [-0.2, -0.15) is 0 Å². The third-order valence-electron chi connectivity index (χ3n) is 3.79. The zero-order chi connectivity index (χ0) is 17.4. The van der Waals surface area contributed by atoms with E-state index in [9.17, 15) is 18.0 Å². The van der Waals surface area contributed by atoms with Crippen LogP contribution in [0.25, 0.3) is 16.6 Å².